The zero-order chi connectivity index (χ0) is 19.6. The number of para-hydroxylation sites is 1. The molecule has 2 aromatic carbocycles. The second kappa shape index (κ2) is 10.8. The first-order valence-corrected chi connectivity index (χ1v) is 9.41. The van der Waals surface area contributed by atoms with E-state index < -0.39 is 5.91 Å². The summed E-state index contributed by atoms with van der Waals surface area (Å²) < 4.78 is 17.1. The summed E-state index contributed by atoms with van der Waals surface area (Å²) >= 11 is 9.43. The van der Waals surface area contributed by atoms with Gasteiger partial charge in [0.2, 0.25) is 0 Å². The number of halogens is 2. The van der Waals surface area contributed by atoms with E-state index in [9.17, 15) is 4.79 Å². The smallest absolute Gasteiger partial charge is 0.277 e. The number of nitrogens with one attached hydrogen (secondary N) is 1. The van der Waals surface area contributed by atoms with Crippen LogP contribution in [0.5, 0.6) is 17.2 Å². The fourth-order valence-electron chi connectivity index (χ4n) is 2.07. The van der Waals surface area contributed by atoms with Crippen molar-refractivity contribution in [3.8, 4) is 17.2 Å². The Labute approximate surface area is 171 Å². The van der Waals surface area contributed by atoms with Crippen molar-refractivity contribution >= 4 is 39.7 Å². The summed E-state index contributed by atoms with van der Waals surface area (Å²) in [6, 6.07) is 10.5. The molecule has 0 heterocycles. The topological polar surface area (TPSA) is 69.2 Å². The molecule has 0 bridgehead atoms. The van der Waals surface area contributed by atoms with Crippen LogP contribution in [0.1, 0.15) is 18.9 Å². The molecule has 27 heavy (non-hydrogen) atoms. The molecule has 0 unspecified atom stereocenters. The van der Waals surface area contributed by atoms with Crippen LogP contribution < -0.4 is 19.6 Å². The van der Waals surface area contributed by atoms with E-state index in [-0.39, 0.29) is 6.61 Å². The van der Waals surface area contributed by atoms with Gasteiger partial charge in [0.25, 0.3) is 5.91 Å². The minimum absolute atomic E-state index is 0.197. The van der Waals surface area contributed by atoms with Gasteiger partial charge in [-0.25, -0.2) is 5.43 Å². The molecule has 0 aliphatic heterocycles. The predicted molar refractivity (Wildman–Crippen MR) is 109 cm³/mol. The lowest BCUT2D eigenvalue weighted by Crippen LogP contribution is -2.24. The van der Waals surface area contributed by atoms with E-state index in [0.29, 0.717) is 28.9 Å². The number of rotatable bonds is 9. The number of hydrogen-bond donors (Lipinski definition) is 1. The summed E-state index contributed by atoms with van der Waals surface area (Å²) in [5, 5.41) is 4.37. The van der Waals surface area contributed by atoms with Gasteiger partial charge in [-0.15, -0.1) is 0 Å². The lowest BCUT2D eigenvalue weighted by Gasteiger charge is -2.12. The van der Waals surface area contributed by atoms with E-state index in [2.05, 4.69) is 26.5 Å². The van der Waals surface area contributed by atoms with Crippen LogP contribution in [0, 0.1) is 0 Å². The third-order valence-corrected chi connectivity index (χ3v) is 4.20. The van der Waals surface area contributed by atoms with Gasteiger partial charge in [0.15, 0.2) is 18.1 Å². The van der Waals surface area contributed by atoms with E-state index in [1.165, 1.54) is 6.21 Å². The zero-order valence-corrected chi connectivity index (χ0v) is 17.3. The van der Waals surface area contributed by atoms with Gasteiger partial charge in [-0.2, -0.15) is 5.10 Å². The molecule has 1 N–H and O–H groups in total. The number of hydrazone groups is 1. The van der Waals surface area contributed by atoms with Gasteiger partial charge in [-0.3, -0.25) is 4.79 Å². The standard InChI is InChI=1S/C19H20BrClN2O4/c1-3-8-26-19-14(20)9-13(10-17(19)25-2)11-22-23-18(24)12-27-16-7-5-4-6-15(16)21/h4-7,9-11H,3,8,12H2,1-2H3,(H,23,24)/b22-11+. The summed E-state index contributed by atoms with van der Waals surface area (Å²) in [6.45, 7) is 2.42. The maximum atomic E-state index is 11.8. The predicted octanol–water partition coefficient (Wildman–Crippen LogP) is 4.43. The van der Waals surface area contributed by atoms with E-state index in [0.717, 1.165) is 16.5 Å². The molecule has 0 aliphatic rings. The zero-order valence-electron chi connectivity index (χ0n) is 15.0. The Morgan fingerprint density at radius 3 is 2.74 bits per heavy atom. The van der Waals surface area contributed by atoms with Gasteiger partial charge in [-0.1, -0.05) is 30.7 Å². The summed E-state index contributed by atoms with van der Waals surface area (Å²) in [5.41, 5.74) is 3.13. The molecule has 2 rings (SSSR count). The molecule has 0 fully saturated rings. The van der Waals surface area contributed by atoms with Crippen molar-refractivity contribution in [1.29, 1.82) is 0 Å². The van der Waals surface area contributed by atoms with Crippen molar-refractivity contribution in [2.24, 2.45) is 5.10 Å². The van der Waals surface area contributed by atoms with Crippen molar-refractivity contribution in [2.75, 3.05) is 20.3 Å². The van der Waals surface area contributed by atoms with Crippen LogP contribution in [-0.2, 0) is 4.79 Å². The van der Waals surface area contributed by atoms with Crippen molar-refractivity contribution in [2.45, 2.75) is 13.3 Å². The van der Waals surface area contributed by atoms with Gasteiger partial charge < -0.3 is 14.2 Å². The SMILES string of the molecule is CCCOc1c(Br)cc(/C=N/NC(=O)COc2ccccc2Cl)cc1OC. The normalized spacial score (nSPS) is 10.7. The quantitative estimate of drug-likeness (QED) is 0.449. The van der Waals surface area contributed by atoms with Crippen molar-refractivity contribution in [3.05, 3.63) is 51.5 Å². The number of hydrogen-bond acceptors (Lipinski definition) is 5. The molecule has 2 aromatic rings. The van der Waals surface area contributed by atoms with Crippen molar-refractivity contribution < 1.29 is 19.0 Å². The average Bonchev–Trinajstić information content (AvgIpc) is 2.66. The van der Waals surface area contributed by atoms with Gasteiger partial charge in [0.1, 0.15) is 5.75 Å². The lowest BCUT2D eigenvalue weighted by molar-refractivity contribution is -0.123. The molecule has 144 valence electrons. The highest BCUT2D eigenvalue weighted by atomic mass is 79.9. The molecule has 0 saturated heterocycles. The number of benzene rings is 2. The van der Waals surface area contributed by atoms with Gasteiger partial charge in [0, 0.05) is 0 Å². The third-order valence-electron chi connectivity index (χ3n) is 3.30. The Morgan fingerprint density at radius 2 is 2.04 bits per heavy atom. The molecule has 0 atom stereocenters. The third kappa shape index (κ3) is 6.45. The average molecular weight is 456 g/mol. The minimum atomic E-state index is -0.403. The lowest BCUT2D eigenvalue weighted by atomic mass is 10.2. The highest BCUT2D eigenvalue weighted by molar-refractivity contribution is 9.10. The summed E-state index contributed by atoms with van der Waals surface area (Å²) in [6.07, 6.45) is 2.39. The summed E-state index contributed by atoms with van der Waals surface area (Å²) in [7, 11) is 1.56. The second-order valence-electron chi connectivity index (χ2n) is 5.39. The highest BCUT2D eigenvalue weighted by Gasteiger charge is 2.11. The maximum absolute atomic E-state index is 11.8. The molecule has 0 aliphatic carbocycles. The molecule has 6 nitrogen and oxygen atoms in total. The van der Waals surface area contributed by atoms with E-state index in [4.69, 9.17) is 25.8 Å². The van der Waals surface area contributed by atoms with Crippen molar-refractivity contribution in [3.63, 3.8) is 0 Å². The van der Waals surface area contributed by atoms with Gasteiger partial charge in [-0.05, 0) is 52.2 Å². The van der Waals surface area contributed by atoms with Crippen LogP contribution >= 0.6 is 27.5 Å². The van der Waals surface area contributed by atoms with E-state index >= 15 is 0 Å². The van der Waals surface area contributed by atoms with Crippen LogP contribution in [0.15, 0.2) is 46.0 Å². The Bertz CT molecular complexity index is 814. The Balaban J connectivity index is 1.94. The fourth-order valence-corrected chi connectivity index (χ4v) is 2.84. The van der Waals surface area contributed by atoms with Crippen LogP contribution in [0.3, 0.4) is 0 Å². The monoisotopic (exact) mass is 454 g/mol. The van der Waals surface area contributed by atoms with Crippen LogP contribution in [0.4, 0.5) is 0 Å². The van der Waals surface area contributed by atoms with E-state index in [1.807, 2.05) is 13.0 Å². The van der Waals surface area contributed by atoms with Gasteiger partial charge in [0.05, 0.1) is 29.4 Å². The summed E-state index contributed by atoms with van der Waals surface area (Å²) in [5.74, 6) is 1.25. The van der Waals surface area contributed by atoms with Gasteiger partial charge >= 0.3 is 0 Å². The number of nitrogens with zero attached hydrogens (tertiary/aromatic N) is 1. The Kier molecular flexibility index (Phi) is 8.42. The second-order valence-corrected chi connectivity index (χ2v) is 6.66. The number of methoxy groups -OCH3 is 1. The minimum Gasteiger partial charge on any atom is -0.493 e. The molecule has 0 spiro atoms. The first kappa shape index (κ1) is 21.1. The number of carbonyl (C=O) groups is 1. The number of carbonyl (C=O) groups excluding carboxylic acids is 1. The fraction of sp³-hybridized carbons (Fsp3) is 0.263. The van der Waals surface area contributed by atoms with Crippen LogP contribution in [0.2, 0.25) is 5.02 Å². The maximum Gasteiger partial charge on any atom is 0.277 e. The Morgan fingerprint density at radius 1 is 1.26 bits per heavy atom. The Hall–Kier alpha value is -2.25. The highest BCUT2D eigenvalue weighted by Crippen LogP contribution is 2.36. The molecule has 0 aromatic heterocycles. The van der Waals surface area contributed by atoms with E-state index in [1.54, 1.807) is 37.4 Å². The molecular formula is C19H20BrClN2O4. The first-order valence-electron chi connectivity index (χ1n) is 8.24. The van der Waals surface area contributed by atoms with Crippen LogP contribution in [0.25, 0.3) is 0 Å². The molecule has 0 radical (unpaired) electrons. The molecule has 8 heteroatoms. The molecule has 0 saturated carbocycles. The summed E-state index contributed by atoms with van der Waals surface area (Å²) in [4.78, 5) is 11.8. The molecule has 1 amide bonds. The van der Waals surface area contributed by atoms with Crippen molar-refractivity contribution in [1.82, 2.24) is 5.43 Å². The first-order chi connectivity index (χ1) is 13.0. The molecular weight excluding hydrogens is 436 g/mol. The number of amides is 1. The number of ether oxygens (including phenoxy) is 3. The van der Waals surface area contributed by atoms with Crippen LogP contribution in [-0.4, -0.2) is 32.4 Å². The largest absolute Gasteiger partial charge is 0.493 e.